The van der Waals surface area contributed by atoms with Crippen LogP contribution in [0.2, 0.25) is 0 Å². The monoisotopic (exact) mass is 273 g/mol. The van der Waals surface area contributed by atoms with Crippen LogP contribution in [0.3, 0.4) is 0 Å². The Bertz CT molecular complexity index is 327. The van der Waals surface area contributed by atoms with Crippen LogP contribution in [-0.2, 0) is 23.9 Å². The molecule has 0 saturated heterocycles. The van der Waals surface area contributed by atoms with Gasteiger partial charge in [-0.25, -0.2) is 4.79 Å². The van der Waals surface area contributed by atoms with Crippen molar-refractivity contribution in [2.45, 2.75) is 39.7 Å². The van der Waals surface area contributed by atoms with Gasteiger partial charge in [-0.05, 0) is 12.3 Å². The lowest BCUT2D eigenvalue weighted by atomic mass is 10.0. The number of hydrogen-bond acceptors (Lipinski definition) is 5. The van der Waals surface area contributed by atoms with Gasteiger partial charge in [0, 0.05) is 6.42 Å². The average molecular weight is 273 g/mol. The average Bonchev–Trinajstić information content (AvgIpc) is 2.34. The van der Waals surface area contributed by atoms with Crippen LogP contribution in [0, 0.1) is 11.8 Å². The van der Waals surface area contributed by atoms with Gasteiger partial charge in [-0.2, -0.15) is 0 Å². The molecule has 0 aromatic heterocycles. The lowest BCUT2D eigenvalue weighted by Crippen LogP contribution is -2.43. The van der Waals surface area contributed by atoms with Crippen LogP contribution in [0.5, 0.6) is 0 Å². The summed E-state index contributed by atoms with van der Waals surface area (Å²) in [7, 11) is 2.52. The summed E-state index contributed by atoms with van der Waals surface area (Å²) in [6.07, 6.45) is 0.475. The summed E-state index contributed by atoms with van der Waals surface area (Å²) in [5.74, 6) is -1.52. The third-order valence-corrected chi connectivity index (χ3v) is 2.61. The van der Waals surface area contributed by atoms with E-state index in [4.69, 9.17) is 0 Å². The zero-order chi connectivity index (χ0) is 15.0. The molecule has 0 heterocycles. The van der Waals surface area contributed by atoms with E-state index in [9.17, 15) is 14.4 Å². The molecule has 0 aliphatic rings. The molecular formula is C13H23NO5. The molecule has 0 rings (SSSR count). The van der Waals surface area contributed by atoms with Gasteiger partial charge in [0.2, 0.25) is 5.91 Å². The van der Waals surface area contributed by atoms with Crippen LogP contribution < -0.4 is 5.32 Å². The summed E-state index contributed by atoms with van der Waals surface area (Å²) in [6.45, 7) is 5.45. The van der Waals surface area contributed by atoms with Crippen LogP contribution >= 0.6 is 0 Å². The number of hydrogen-bond donors (Lipinski definition) is 1. The Morgan fingerprint density at radius 2 is 1.53 bits per heavy atom. The van der Waals surface area contributed by atoms with E-state index in [2.05, 4.69) is 14.8 Å². The molecule has 1 N–H and O–H groups in total. The molecule has 19 heavy (non-hydrogen) atoms. The van der Waals surface area contributed by atoms with Gasteiger partial charge in [-0.3, -0.25) is 9.59 Å². The number of nitrogens with one attached hydrogen (secondary N) is 1. The third-order valence-electron chi connectivity index (χ3n) is 2.61. The molecule has 0 aliphatic heterocycles. The zero-order valence-electron chi connectivity index (χ0n) is 12.2. The summed E-state index contributed by atoms with van der Waals surface area (Å²) in [4.78, 5) is 34.6. The quantitative estimate of drug-likeness (QED) is 0.697. The molecule has 1 amide bonds. The molecule has 0 fully saturated rings. The Balaban J connectivity index is 4.60. The van der Waals surface area contributed by atoms with Crippen LogP contribution in [0.4, 0.5) is 0 Å². The fourth-order valence-corrected chi connectivity index (χ4v) is 1.63. The number of ether oxygens (including phenoxy) is 2. The molecule has 6 heteroatoms. The van der Waals surface area contributed by atoms with E-state index in [0.29, 0.717) is 6.42 Å². The molecule has 110 valence electrons. The van der Waals surface area contributed by atoms with Crippen LogP contribution in [0.25, 0.3) is 0 Å². The molecule has 0 aromatic carbocycles. The molecular weight excluding hydrogens is 250 g/mol. The van der Waals surface area contributed by atoms with Gasteiger partial charge in [0.25, 0.3) is 0 Å². The molecule has 0 spiro atoms. The second kappa shape index (κ2) is 8.50. The van der Waals surface area contributed by atoms with Crippen molar-refractivity contribution in [3.63, 3.8) is 0 Å². The standard InChI is InChI=1S/C13H23NO5/c1-8(2)6-11(15)14-10(13(17)19-5)7-9(3)12(16)18-4/h8-10H,6-7H2,1-5H3,(H,14,15)/t9-,10-/m0/s1. The van der Waals surface area contributed by atoms with Crippen LogP contribution in [0.1, 0.15) is 33.6 Å². The van der Waals surface area contributed by atoms with Gasteiger partial charge in [0.05, 0.1) is 20.1 Å². The largest absolute Gasteiger partial charge is 0.469 e. The van der Waals surface area contributed by atoms with Gasteiger partial charge in [0.1, 0.15) is 6.04 Å². The third kappa shape index (κ3) is 6.79. The van der Waals surface area contributed by atoms with Crippen molar-refractivity contribution in [2.24, 2.45) is 11.8 Å². The highest BCUT2D eigenvalue weighted by molar-refractivity contribution is 5.85. The fraction of sp³-hybridized carbons (Fsp3) is 0.769. The summed E-state index contributed by atoms with van der Waals surface area (Å²) in [6, 6.07) is -0.828. The van der Waals surface area contributed by atoms with E-state index in [-0.39, 0.29) is 18.2 Å². The first-order valence-corrected chi connectivity index (χ1v) is 6.26. The van der Waals surface area contributed by atoms with E-state index < -0.39 is 23.9 Å². The Morgan fingerprint density at radius 3 is 1.95 bits per heavy atom. The van der Waals surface area contributed by atoms with Crippen molar-refractivity contribution in [3.8, 4) is 0 Å². The van der Waals surface area contributed by atoms with E-state index in [0.717, 1.165) is 0 Å². The lowest BCUT2D eigenvalue weighted by molar-refractivity contribution is -0.149. The van der Waals surface area contributed by atoms with Crippen molar-refractivity contribution < 1.29 is 23.9 Å². The number of rotatable bonds is 7. The fourth-order valence-electron chi connectivity index (χ4n) is 1.63. The molecule has 0 bridgehead atoms. The van der Waals surface area contributed by atoms with Gasteiger partial charge < -0.3 is 14.8 Å². The second-order valence-electron chi connectivity index (χ2n) is 4.90. The highest BCUT2D eigenvalue weighted by atomic mass is 16.5. The predicted molar refractivity (Wildman–Crippen MR) is 69.2 cm³/mol. The normalized spacial score (nSPS) is 13.6. The number of esters is 2. The highest BCUT2D eigenvalue weighted by Gasteiger charge is 2.27. The predicted octanol–water partition coefficient (Wildman–Crippen LogP) is 0.889. The molecule has 0 radical (unpaired) electrons. The van der Waals surface area contributed by atoms with E-state index in [1.807, 2.05) is 13.8 Å². The Labute approximate surface area is 113 Å². The number of carbonyl (C=O) groups excluding carboxylic acids is 3. The van der Waals surface area contributed by atoms with E-state index >= 15 is 0 Å². The van der Waals surface area contributed by atoms with Crippen LogP contribution in [-0.4, -0.2) is 38.1 Å². The minimum Gasteiger partial charge on any atom is -0.469 e. The summed E-state index contributed by atoms with van der Waals surface area (Å²) >= 11 is 0. The maximum absolute atomic E-state index is 11.7. The van der Waals surface area contributed by atoms with Crippen molar-refractivity contribution >= 4 is 17.8 Å². The first kappa shape index (κ1) is 17.4. The maximum atomic E-state index is 11.7. The summed E-state index contributed by atoms with van der Waals surface area (Å²) in [5.41, 5.74) is 0. The smallest absolute Gasteiger partial charge is 0.328 e. The van der Waals surface area contributed by atoms with Crippen molar-refractivity contribution in [3.05, 3.63) is 0 Å². The first-order chi connectivity index (χ1) is 8.81. The first-order valence-electron chi connectivity index (χ1n) is 6.26. The minimum atomic E-state index is -0.828. The van der Waals surface area contributed by atoms with Gasteiger partial charge in [-0.15, -0.1) is 0 Å². The minimum absolute atomic E-state index is 0.156. The molecule has 2 atom stereocenters. The van der Waals surface area contributed by atoms with Gasteiger partial charge in [0.15, 0.2) is 0 Å². The van der Waals surface area contributed by atoms with Crippen molar-refractivity contribution in [2.75, 3.05) is 14.2 Å². The molecule has 0 aliphatic carbocycles. The molecule has 0 saturated carbocycles. The molecule has 6 nitrogen and oxygen atoms in total. The molecule has 0 aromatic rings. The van der Waals surface area contributed by atoms with Crippen molar-refractivity contribution in [1.82, 2.24) is 5.32 Å². The van der Waals surface area contributed by atoms with Gasteiger partial charge in [-0.1, -0.05) is 20.8 Å². The lowest BCUT2D eigenvalue weighted by Gasteiger charge is -2.19. The maximum Gasteiger partial charge on any atom is 0.328 e. The second-order valence-corrected chi connectivity index (χ2v) is 4.90. The number of carbonyl (C=O) groups is 3. The number of methoxy groups -OCH3 is 2. The SMILES string of the molecule is COC(=O)[C@H](C[C@H](C)C(=O)OC)NC(=O)CC(C)C. The number of amides is 1. The Kier molecular flexibility index (Phi) is 7.79. The van der Waals surface area contributed by atoms with E-state index in [1.54, 1.807) is 6.92 Å². The zero-order valence-corrected chi connectivity index (χ0v) is 12.2. The molecule has 0 unspecified atom stereocenters. The van der Waals surface area contributed by atoms with Gasteiger partial charge >= 0.3 is 11.9 Å². The topological polar surface area (TPSA) is 81.7 Å². The highest BCUT2D eigenvalue weighted by Crippen LogP contribution is 2.10. The van der Waals surface area contributed by atoms with Crippen molar-refractivity contribution in [1.29, 1.82) is 0 Å². The Hall–Kier alpha value is -1.59. The summed E-state index contributed by atoms with van der Waals surface area (Å²) in [5, 5.41) is 2.59. The van der Waals surface area contributed by atoms with Crippen LogP contribution in [0.15, 0.2) is 0 Å². The summed E-state index contributed by atoms with van der Waals surface area (Å²) < 4.78 is 9.22. The Morgan fingerprint density at radius 1 is 1.00 bits per heavy atom. The van der Waals surface area contributed by atoms with E-state index in [1.165, 1.54) is 14.2 Å².